The third kappa shape index (κ3) is 5.88. The number of benzene rings is 2. The summed E-state index contributed by atoms with van der Waals surface area (Å²) in [6.07, 6.45) is 0.110. The molecule has 7 nitrogen and oxygen atoms in total. The molecule has 1 aliphatic rings. The van der Waals surface area contributed by atoms with Crippen molar-refractivity contribution in [2.24, 2.45) is 0 Å². The van der Waals surface area contributed by atoms with E-state index in [9.17, 15) is 17.6 Å². The zero-order chi connectivity index (χ0) is 22.8. The maximum atomic E-state index is 14.7. The Morgan fingerprint density at radius 3 is 2.48 bits per heavy atom. The van der Waals surface area contributed by atoms with Crippen LogP contribution in [0.5, 0.6) is 0 Å². The quantitative estimate of drug-likeness (QED) is 0.719. The largest absolute Gasteiger partial charge is 0.444 e. The number of ether oxygens (including phenoxy) is 1. The van der Waals surface area contributed by atoms with E-state index in [0.29, 0.717) is 25.2 Å². The average molecular weight is 450 g/mol. The molecule has 2 aromatic carbocycles. The Labute approximate surface area is 182 Å². The molecule has 9 heteroatoms. The van der Waals surface area contributed by atoms with Gasteiger partial charge in [0.2, 0.25) is 0 Å². The third-order valence-corrected chi connectivity index (χ3v) is 6.17. The summed E-state index contributed by atoms with van der Waals surface area (Å²) in [5.41, 5.74) is 0.628. The van der Waals surface area contributed by atoms with Crippen LogP contribution in [-0.4, -0.2) is 39.2 Å². The lowest BCUT2D eigenvalue weighted by Gasteiger charge is -2.24. The van der Waals surface area contributed by atoms with Crippen LogP contribution in [0.3, 0.4) is 0 Å². The van der Waals surface area contributed by atoms with Crippen LogP contribution >= 0.6 is 0 Å². The van der Waals surface area contributed by atoms with Crippen LogP contribution in [0.2, 0.25) is 0 Å². The number of halogens is 1. The molecule has 0 radical (unpaired) electrons. The Bertz CT molecular complexity index is 1050. The van der Waals surface area contributed by atoms with Gasteiger partial charge in [0.05, 0.1) is 16.6 Å². The fourth-order valence-electron chi connectivity index (χ4n) is 3.36. The predicted octanol–water partition coefficient (Wildman–Crippen LogP) is 4.04. The summed E-state index contributed by atoms with van der Waals surface area (Å²) in [7, 11) is -3.96. The topological polar surface area (TPSA) is 87.7 Å². The summed E-state index contributed by atoms with van der Waals surface area (Å²) in [5.74, 6) is -0.670. The summed E-state index contributed by atoms with van der Waals surface area (Å²) in [4.78, 5) is 13.9. The van der Waals surface area contributed by atoms with Crippen LogP contribution in [0.4, 0.5) is 20.6 Å². The van der Waals surface area contributed by atoms with Crippen molar-refractivity contribution in [2.75, 3.05) is 22.7 Å². The highest BCUT2D eigenvalue weighted by Crippen LogP contribution is 2.33. The number of para-hydroxylation sites is 1. The van der Waals surface area contributed by atoms with Crippen LogP contribution in [-0.2, 0) is 14.8 Å². The molecule has 3 rings (SSSR count). The van der Waals surface area contributed by atoms with E-state index in [-0.39, 0.29) is 16.6 Å². The molecule has 1 amide bonds. The molecule has 1 saturated heterocycles. The zero-order valence-corrected chi connectivity index (χ0v) is 18.9. The Kier molecular flexibility index (Phi) is 6.45. The number of aryl methyl sites for hydroxylation is 1. The van der Waals surface area contributed by atoms with Crippen LogP contribution in [0, 0.1) is 12.7 Å². The molecule has 168 valence electrons. The molecule has 1 unspecified atom stereocenters. The molecule has 1 atom stereocenters. The maximum absolute atomic E-state index is 14.7. The van der Waals surface area contributed by atoms with E-state index in [2.05, 4.69) is 10.0 Å². The lowest BCUT2D eigenvalue weighted by Crippen LogP contribution is -2.40. The second kappa shape index (κ2) is 8.74. The highest BCUT2D eigenvalue weighted by atomic mass is 32.2. The molecular formula is C22H28FN3O4S. The standard InChI is InChI=1S/C22H28FN3O4S/c1-15-8-10-17(11-9-15)31(28,29)25-20-18(23)6-5-7-19(20)26-13-12-16(14-26)24-21(27)30-22(2,3)4/h5-11,16,25H,12-14H2,1-4H3,(H,24,27). The van der Waals surface area contributed by atoms with Crippen LogP contribution in [0.1, 0.15) is 32.8 Å². The normalized spacial score (nSPS) is 16.8. The molecule has 0 saturated carbocycles. The summed E-state index contributed by atoms with van der Waals surface area (Å²) < 4.78 is 48.0. The lowest BCUT2D eigenvalue weighted by atomic mass is 10.2. The fraction of sp³-hybridized carbons (Fsp3) is 0.409. The van der Waals surface area contributed by atoms with Crippen LogP contribution in [0.25, 0.3) is 0 Å². The van der Waals surface area contributed by atoms with Crippen molar-refractivity contribution in [3.05, 3.63) is 53.8 Å². The van der Waals surface area contributed by atoms with E-state index >= 15 is 0 Å². The van der Waals surface area contributed by atoms with Crippen molar-refractivity contribution >= 4 is 27.5 Å². The number of rotatable bonds is 5. The summed E-state index contributed by atoms with van der Waals surface area (Å²) in [6, 6.07) is 10.5. The van der Waals surface area contributed by atoms with Crippen molar-refractivity contribution in [3.63, 3.8) is 0 Å². The predicted molar refractivity (Wildman–Crippen MR) is 118 cm³/mol. The van der Waals surface area contributed by atoms with Gasteiger partial charge in [-0.15, -0.1) is 0 Å². The first-order valence-corrected chi connectivity index (χ1v) is 11.6. The highest BCUT2D eigenvalue weighted by molar-refractivity contribution is 7.92. The van der Waals surface area contributed by atoms with E-state index in [4.69, 9.17) is 4.74 Å². The van der Waals surface area contributed by atoms with Gasteiger partial charge < -0.3 is 15.0 Å². The first kappa shape index (κ1) is 22.9. The van der Waals surface area contributed by atoms with Crippen molar-refractivity contribution < 1.29 is 22.3 Å². The number of hydrogen-bond donors (Lipinski definition) is 2. The van der Waals surface area contributed by atoms with Crippen LogP contribution in [0.15, 0.2) is 47.4 Å². The van der Waals surface area contributed by atoms with Gasteiger partial charge in [-0.1, -0.05) is 23.8 Å². The minimum Gasteiger partial charge on any atom is -0.444 e. The first-order valence-electron chi connectivity index (χ1n) is 10.1. The van der Waals surface area contributed by atoms with Crippen molar-refractivity contribution in [1.82, 2.24) is 5.32 Å². The fourth-order valence-corrected chi connectivity index (χ4v) is 4.44. The molecule has 2 aromatic rings. The summed E-state index contributed by atoms with van der Waals surface area (Å²) in [6.45, 7) is 8.14. The summed E-state index contributed by atoms with van der Waals surface area (Å²) >= 11 is 0. The van der Waals surface area contributed by atoms with Gasteiger partial charge in [0.25, 0.3) is 10.0 Å². The van der Waals surface area contributed by atoms with Gasteiger partial charge >= 0.3 is 6.09 Å². The van der Waals surface area contributed by atoms with Gasteiger partial charge in [-0.25, -0.2) is 17.6 Å². The van der Waals surface area contributed by atoms with E-state index in [1.807, 2.05) is 11.8 Å². The molecule has 31 heavy (non-hydrogen) atoms. The van der Waals surface area contributed by atoms with E-state index in [0.717, 1.165) is 5.56 Å². The highest BCUT2D eigenvalue weighted by Gasteiger charge is 2.29. The molecular weight excluding hydrogens is 421 g/mol. The SMILES string of the molecule is Cc1ccc(S(=O)(=O)Nc2c(F)cccc2N2CCC(NC(=O)OC(C)(C)C)C2)cc1. The Balaban J connectivity index is 1.77. The van der Waals surface area contributed by atoms with E-state index in [1.54, 1.807) is 39.0 Å². The molecule has 1 fully saturated rings. The molecule has 0 spiro atoms. The number of sulfonamides is 1. The maximum Gasteiger partial charge on any atom is 0.407 e. The first-order chi connectivity index (χ1) is 14.4. The Morgan fingerprint density at radius 2 is 1.84 bits per heavy atom. The van der Waals surface area contributed by atoms with Gasteiger partial charge in [-0.3, -0.25) is 4.72 Å². The number of nitrogens with zero attached hydrogens (tertiary/aromatic N) is 1. The minimum absolute atomic E-state index is 0.0539. The van der Waals surface area contributed by atoms with Crippen LogP contribution < -0.4 is 14.9 Å². The van der Waals surface area contributed by atoms with Crippen molar-refractivity contribution in [2.45, 2.75) is 50.7 Å². The van der Waals surface area contributed by atoms with Crippen molar-refractivity contribution in [3.8, 4) is 0 Å². The molecule has 2 N–H and O–H groups in total. The molecule has 0 aliphatic carbocycles. The van der Waals surface area contributed by atoms with Gasteiger partial charge in [-0.2, -0.15) is 0 Å². The smallest absolute Gasteiger partial charge is 0.407 e. The number of hydrogen-bond acceptors (Lipinski definition) is 5. The third-order valence-electron chi connectivity index (χ3n) is 4.81. The number of anilines is 2. The molecule has 1 heterocycles. The monoisotopic (exact) mass is 449 g/mol. The van der Waals surface area contributed by atoms with Gasteiger partial charge in [0.1, 0.15) is 17.1 Å². The van der Waals surface area contributed by atoms with E-state index in [1.165, 1.54) is 24.3 Å². The lowest BCUT2D eigenvalue weighted by molar-refractivity contribution is 0.0509. The van der Waals surface area contributed by atoms with Gasteiger partial charge in [0.15, 0.2) is 0 Å². The number of carbonyl (C=O) groups is 1. The second-order valence-electron chi connectivity index (χ2n) is 8.63. The number of nitrogens with one attached hydrogen (secondary N) is 2. The van der Waals surface area contributed by atoms with Gasteiger partial charge in [0, 0.05) is 13.1 Å². The molecule has 0 bridgehead atoms. The van der Waals surface area contributed by atoms with Crippen molar-refractivity contribution in [1.29, 1.82) is 0 Å². The second-order valence-corrected chi connectivity index (χ2v) is 10.3. The Hall–Kier alpha value is -2.81. The zero-order valence-electron chi connectivity index (χ0n) is 18.1. The number of carbonyl (C=O) groups excluding carboxylic acids is 1. The number of alkyl carbamates (subject to hydrolysis) is 1. The summed E-state index contributed by atoms with van der Waals surface area (Å²) in [5, 5.41) is 2.81. The average Bonchev–Trinajstić information content (AvgIpc) is 3.10. The van der Waals surface area contributed by atoms with E-state index < -0.39 is 27.5 Å². The number of amides is 1. The molecule has 0 aromatic heterocycles. The minimum atomic E-state index is -3.96. The Morgan fingerprint density at radius 1 is 1.16 bits per heavy atom. The van der Waals surface area contributed by atoms with Gasteiger partial charge in [-0.05, 0) is 58.4 Å². The molecule has 1 aliphatic heterocycles.